The average Bonchev–Trinajstić information content (AvgIpc) is 3.06. The lowest BCUT2D eigenvalue weighted by molar-refractivity contribution is 0.174. The van der Waals surface area contributed by atoms with Crippen molar-refractivity contribution in [2.75, 3.05) is 12.1 Å². The molecular weight excluding hydrogens is 242 g/mol. The first-order valence-electron chi connectivity index (χ1n) is 6.62. The van der Waals surface area contributed by atoms with Crippen LogP contribution in [0, 0.1) is 0 Å². The first-order chi connectivity index (χ1) is 9.40. The number of hydrogen-bond acceptors (Lipinski definition) is 4. The molecule has 0 saturated heterocycles. The maximum atomic E-state index is 5.51. The predicted octanol–water partition coefficient (Wildman–Crippen LogP) is 3.50. The number of ether oxygens (including phenoxy) is 2. The van der Waals surface area contributed by atoms with Gasteiger partial charge in [-0.1, -0.05) is 0 Å². The van der Waals surface area contributed by atoms with Gasteiger partial charge in [-0.25, -0.2) is 0 Å². The molecule has 2 aromatic rings. The Labute approximate surface area is 111 Å². The van der Waals surface area contributed by atoms with Gasteiger partial charge in [0.25, 0.3) is 0 Å². The van der Waals surface area contributed by atoms with E-state index in [1.165, 1.54) is 5.56 Å². The Morgan fingerprint density at radius 3 is 3.05 bits per heavy atom. The average molecular weight is 257 g/mol. The first-order valence-corrected chi connectivity index (χ1v) is 6.62. The van der Waals surface area contributed by atoms with Crippen LogP contribution in [0.25, 0.3) is 0 Å². The lowest BCUT2D eigenvalue weighted by atomic mass is 9.93. The monoisotopic (exact) mass is 257 g/mol. The van der Waals surface area contributed by atoms with E-state index in [1.54, 1.807) is 6.26 Å². The van der Waals surface area contributed by atoms with Crippen LogP contribution < -0.4 is 14.8 Å². The number of aryl methyl sites for hydroxylation is 1. The summed E-state index contributed by atoms with van der Waals surface area (Å²) in [6.45, 7) is 0.314. The van der Waals surface area contributed by atoms with Gasteiger partial charge in [-0.15, -0.1) is 0 Å². The van der Waals surface area contributed by atoms with Crippen LogP contribution in [0.15, 0.2) is 34.9 Å². The highest BCUT2D eigenvalue weighted by atomic mass is 16.7. The third kappa shape index (κ3) is 1.84. The van der Waals surface area contributed by atoms with Crippen LogP contribution in [0.5, 0.6) is 11.5 Å². The van der Waals surface area contributed by atoms with Gasteiger partial charge in [-0.05, 0) is 31.0 Å². The molecule has 1 atom stereocenters. The van der Waals surface area contributed by atoms with Crippen molar-refractivity contribution in [2.24, 2.45) is 0 Å². The molecule has 4 rings (SSSR count). The molecule has 2 heterocycles. The van der Waals surface area contributed by atoms with E-state index < -0.39 is 0 Å². The first kappa shape index (κ1) is 10.8. The van der Waals surface area contributed by atoms with E-state index in [2.05, 4.69) is 11.4 Å². The summed E-state index contributed by atoms with van der Waals surface area (Å²) in [5.41, 5.74) is 2.34. The fourth-order valence-corrected chi connectivity index (χ4v) is 2.82. The van der Waals surface area contributed by atoms with Crippen molar-refractivity contribution in [3.05, 3.63) is 41.9 Å². The maximum Gasteiger partial charge on any atom is 0.231 e. The smallest absolute Gasteiger partial charge is 0.231 e. The van der Waals surface area contributed by atoms with Crippen LogP contribution in [0.1, 0.15) is 30.2 Å². The second-order valence-electron chi connectivity index (χ2n) is 4.96. The summed E-state index contributed by atoms with van der Waals surface area (Å²) in [4.78, 5) is 0. The quantitative estimate of drug-likeness (QED) is 0.894. The molecule has 1 unspecified atom stereocenters. The number of rotatable bonds is 2. The van der Waals surface area contributed by atoms with E-state index in [1.807, 2.05) is 18.2 Å². The number of hydrogen-bond donors (Lipinski definition) is 1. The Balaban J connectivity index is 1.59. The van der Waals surface area contributed by atoms with Gasteiger partial charge in [0.2, 0.25) is 6.79 Å². The lowest BCUT2D eigenvalue weighted by Crippen LogP contribution is -2.15. The SMILES string of the molecule is c1cc2c(o1)CCCC2Nc1ccc2c(c1)OCO2. The number of furan rings is 1. The summed E-state index contributed by atoms with van der Waals surface area (Å²) in [5.74, 6) is 2.75. The van der Waals surface area contributed by atoms with Gasteiger partial charge < -0.3 is 19.2 Å². The van der Waals surface area contributed by atoms with Gasteiger partial charge in [-0.3, -0.25) is 0 Å². The molecule has 1 aromatic carbocycles. The fourth-order valence-electron chi connectivity index (χ4n) is 2.82. The fraction of sp³-hybridized carbons (Fsp3) is 0.333. The summed E-state index contributed by atoms with van der Waals surface area (Å²) in [6, 6.07) is 8.37. The number of nitrogens with one attached hydrogen (secondary N) is 1. The van der Waals surface area contributed by atoms with E-state index in [4.69, 9.17) is 13.9 Å². The third-order valence-electron chi connectivity index (χ3n) is 3.77. The summed E-state index contributed by atoms with van der Waals surface area (Å²) < 4.78 is 16.2. The molecule has 98 valence electrons. The minimum Gasteiger partial charge on any atom is -0.469 e. The van der Waals surface area contributed by atoms with Gasteiger partial charge in [-0.2, -0.15) is 0 Å². The molecule has 4 heteroatoms. The van der Waals surface area contributed by atoms with Crippen molar-refractivity contribution in [2.45, 2.75) is 25.3 Å². The number of fused-ring (bicyclic) bond motifs is 2. The summed E-state index contributed by atoms with van der Waals surface area (Å²) in [5, 5.41) is 3.56. The molecule has 1 aliphatic heterocycles. The highest BCUT2D eigenvalue weighted by molar-refractivity contribution is 5.56. The van der Waals surface area contributed by atoms with Crippen molar-refractivity contribution in [3.8, 4) is 11.5 Å². The molecule has 1 N–H and O–H groups in total. The van der Waals surface area contributed by atoms with Gasteiger partial charge >= 0.3 is 0 Å². The van der Waals surface area contributed by atoms with Crippen LogP contribution in [0.2, 0.25) is 0 Å². The second kappa shape index (κ2) is 4.23. The summed E-state index contributed by atoms with van der Waals surface area (Å²) >= 11 is 0. The summed E-state index contributed by atoms with van der Waals surface area (Å²) in [7, 11) is 0. The van der Waals surface area contributed by atoms with Crippen LogP contribution in [-0.2, 0) is 6.42 Å². The topological polar surface area (TPSA) is 43.6 Å². The van der Waals surface area contributed by atoms with Crippen molar-refractivity contribution in [1.82, 2.24) is 0 Å². The van der Waals surface area contributed by atoms with Crippen molar-refractivity contribution < 1.29 is 13.9 Å². The van der Waals surface area contributed by atoms with Crippen LogP contribution in [0.3, 0.4) is 0 Å². The molecule has 1 aromatic heterocycles. The Morgan fingerprint density at radius 1 is 1.11 bits per heavy atom. The highest BCUT2D eigenvalue weighted by Gasteiger charge is 2.23. The molecule has 1 aliphatic carbocycles. The van der Waals surface area contributed by atoms with Crippen LogP contribution in [0.4, 0.5) is 5.69 Å². The van der Waals surface area contributed by atoms with Gasteiger partial charge in [0, 0.05) is 23.7 Å². The van der Waals surface area contributed by atoms with Gasteiger partial charge in [0.1, 0.15) is 5.76 Å². The Bertz CT molecular complexity index is 605. The van der Waals surface area contributed by atoms with Crippen molar-refractivity contribution >= 4 is 5.69 Å². The number of anilines is 1. The van der Waals surface area contributed by atoms with E-state index >= 15 is 0 Å². The molecule has 0 spiro atoms. The largest absolute Gasteiger partial charge is 0.469 e. The zero-order valence-corrected chi connectivity index (χ0v) is 10.5. The Morgan fingerprint density at radius 2 is 2.05 bits per heavy atom. The van der Waals surface area contributed by atoms with Crippen LogP contribution in [-0.4, -0.2) is 6.79 Å². The second-order valence-corrected chi connectivity index (χ2v) is 4.96. The van der Waals surface area contributed by atoms with E-state index in [0.717, 1.165) is 42.2 Å². The standard InChI is InChI=1S/C15H15NO3/c1-2-12(11-6-7-17-13(11)3-1)16-10-4-5-14-15(8-10)19-9-18-14/h4-8,12,16H,1-3,9H2. The van der Waals surface area contributed by atoms with E-state index in [0.29, 0.717) is 12.8 Å². The maximum absolute atomic E-state index is 5.51. The van der Waals surface area contributed by atoms with Crippen LogP contribution >= 0.6 is 0 Å². The molecular formula is C15H15NO3. The molecule has 0 saturated carbocycles. The predicted molar refractivity (Wildman–Crippen MR) is 70.6 cm³/mol. The molecule has 0 bridgehead atoms. The minimum atomic E-state index is 0.314. The Hall–Kier alpha value is -2.10. The van der Waals surface area contributed by atoms with E-state index in [9.17, 15) is 0 Å². The van der Waals surface area contributed by atoms with Crippen molar-refractivity contribution in [1.29, 1.82) is 0 Å². The lowest BCUT2D eigenvalue weighted by Gasteiger charge is -2.23. The molecule has 4 nitrogen and oxygen atoms in total. The van der Waals surface area contributed by atoms with Gasteiger partial charge in [0.15, 0.2) is 11.5 Å². The third-order valence-corrected chi connectivity index (χ3v) is 3.77. The Kier molecular flexibility index (Phi) is 2.40. The highest BCUT2D eigenvalue weighted by Crippen LogP contribution is 2.37. The van der Waals surface area contributed by atoms with E-state index in [-0.39, 0.29) is 0 Å². The molecule has 2 aliphatic rings. The van der Waals surface area contributed by atoms with Crippen molar-refractivity contribution in [3.63, 3.8) is 0 Å². The summed E-state index contributed by atoms with van der Waals surface area (Å²) in [6.07, 6.45) is 5.11. The molecule has 19 heavy (non-hydrogen) atoms. The molecule has 0 fully saturated rings. The van der Waals surface area contributed by atoms with Gasteiger partial charge in [0.05, 0.1) is 12.3 Å². The zero-order valence-electron chi connectivity index (χ0n) is 10.5. The zero-order chi connectivity index (χ0) is 12.7. The molecule has 0 amide bonds. The number of benzene rings is 1. The molecule has 0 radical (unpaired) electrons. The minimum absolute atomic E-state index is 0.314. The normalized spacial score (nSPS) is 20.1.